The van der Waals surface area contributed by atoms with Gasteiger partial charge in [-0.3, -0.25) is 0 Å². The topological polar surface area (TPSA) is 83.6 Å². The molecule has 0 amide bonds. The first-order valence-electron chi connectivity index (χ1n) is 5.71. The number of nitrogens with one attached hydrogen (secondary N) is 2. The molecule has 0 radical (unpaired) electrons. The molecular formula is C14H14N4. The van der Waals surface area contributed by atoms with Gasteiger partial charge in [-0.2, -0.15) is 0 Å². The molecule has 3 rings (SSSR count). The molecule has 0 aliphatic carbocycles. The van der Waals surface area contributed by atoms with Gasteiger partial charge in [0.2, 0.25) is 0 Å². The van der Waals surface area contributed by atoms with Crippen LogP contribution in [-0.4, -0.2) is 9.97 Å². The molecule has 90 valence electrons. The van der Waals surface area contributed by atoms with E-state index in [4.69, 9.17) is 11.5 Å². The van der Waals surface area contributed by atoms with Crippen LogP contribution in [0.5, 0.6) is 0 Å². The van der Waals surface area contributed by atoms with Gasteiger partial charge < -0.3 is 21.4 Å². The molecule has 0 saturated carbocycles. The highest BCUT2D eigenvalue weighted by Gasteiger charge is 2.11. The molecule has 0 atom stereocenters. The average Bonchev–Trinajstić information content (AvgIpc) is 3.02. The third kappa shape index (κ3) is 1.64. The second kappa shape index (κ2) is 4.00. The maximum Gasteiger partial charge on any atom is 0.0554 e. The number of nitrogens with two attached hydrogens (primary N) is 2. The van der Waals surface area contributed by atoms with Crippen molar-refractivity contribution in [2.24, 2.45) is 0 Å². The minimum absolute atomic E-state index is 0.602. The Morgan fingerprint density at radius 3 is 1.50 bits per heavy atom. The van der Waals surface area contributed by atoms with Crippen molar-refractivity contribution in [1.82, 2.24) is 9.97 Å². The SMILES string of the molecule is Nc1cc(-c2cc[nH]c2)c(-c2cc[nH]c2)cc1N. The standard InChI is InChI=1S/C14H14N4/c15-13-5-11(9-1-3-17-7-9)12(6-14(13)16)10-2-4-18-8-10/h1-8,17-18H,15-16H2. The van der Waals surface area contributed by atoms with Crippen LogP contribution in [0.25, 0.3) is 22.3 Å². The molecule has 1 aromatic carbocycles. The molecule has 0 bridgehead atoms. The van der Waals surface area contributed by atoms with Crippen LogP contribution in [0, 0.1) is 0 Å². The Labute approximate surface area is 105 Å². The smallest absolute Gasteiger partial charge is 0.0554 e. The molecule has 0 aliphatic rings. The van der Waals surface area contributed by atoms with Gasteiger partial charge in [-0.25, -0.2) is 0 Å². The molecule has 2 heterocycles. The van der Waals surface area contributed by atoms with E-state index in [-0.39, 0.29) is 0 Å². The minimum atomic E-state index is 0.602. The lowest BCUT2D eigenvalue weighted by Crippen LogP contribution is -1.96. The fraction of sp³-hybridized carbons (Fsp3) is 0. The van der Waals surface area contributed by atoms with Crippen molar-refractivity contribution in [2.45, 2.75) is 0 Å². The lowest BCUT2D eigenvalue weighted by atomic mass is 9.96. The Kier molecular flexibility index (Phi) is 2.34. The summed E-state index contributed by atoms with van der Waals surface area (Å²) in [6, 6.07) is 7.86. The van der Waals surface area contributed by atoms with Crippen molar-refractivity contribution < 1.29 is 0 Å². The maximum atomic E-state index is 5.91. The van der Waals surface area contributed by atoms with Crippen molar-refractivity contribution >= 4 is 11.4 Å². The molecule has 0 aliphatic heterocycles. The number of rotatable bonds is 2. The van der Waals surface area contributed by atoms with Crippen LogP contribution in [0.15, 0.2) is 49.1 Å². The monoisotopic (exact) mass is 238 g/mol. The van der Waals surface area contributed by atoms with Crippen molar-refractivity contribution in [1.29, 1.82) is 0 Å². The van der Waals surface area contributed by atoms with E-state index in [9.17, 15) is 0 Å². The lowest BCUT2D eigenvalue weighted by molar-refractivity contribution is 1.41. The number of aromatic nitrogens is 2. The van der Waals surface area contributed by atoms with Crippen molar-refractivity contribution in [3.8, 4) is 22.3 Å². The predicted octanol–water partition coefficient (Wildman–Crippen LogP) is 2.84. The van der Waals surface area contributed by atoms with E-state index in [0.29, 0.717) is 11.4 Å². The number of hydrogen-bond acceptors (Lipinski definition) is 2. The second-order valence-electron chi connectivity index (χ2n) is 4.23. The molecule has 2 aromatic heterocycles. The molecule has 4 heteroatoms. The normalized spacial score (nSPS) is 10.7. The summed E-state index contributed by atoms with van der Waals surface area (Å²) in [7, 11) is 0. The third-order valence-corrected chi connectivity index (χ3v) is 3.04. The highest BCUT2D eigenvalue weighted by molar-refractivity contribution is 5.89. The van der Waals surface area contributed by atoms with Crippen LogP contribution >= 0.6 is 0 Å². The zero-order chi connectivity index (χ0) is 12.5. The summed E-state index contributed by atoms with van der Waals surface area (Å²) in [6.07, 6.45) is 7.67. The Bertz CT molecular complexity index is 592. The van der Waals surface area contributed by atoms with Crippen LogP contribution < -0.4 is 11.5 Å². The molecule has 18 heavy (non-hydrogen) atoms. The summed E-state index contributed by atoms with van der Waals surface area (Å²) in [5.41, 5.74) is 17.4. The van der Waals surface area contributed by atoms with E-state index in [1.807, 2.05) is 49.1 Å². The highest BCUT2D eigenvalue weighted by atomic mass is 14.7. The number of anilines is 2. The number of H-pyrrole nitrogens is 2. The van der Waals surface area contributed by atoms with Gasteiger partial charge in [0.1, 0.15) is 0 Å². The lowest BCUT2D eigenvalue weighted by Gasteiger charge is -2.10. The molecule has 0 spiro atoms. The molecule has 4 nitrogen and oxygen atoms in total. The van der Waals surface area contributed by atoms with Gasteiger partial charge in [-0.15, -0.1) is 0 Å². The maximum absolute atomic E-state index is 5.91. The van der Waals surface area contributed by atoms with Gasteiger partial charge in [0.25, 0.3) is 0 Å². The fourth-order valence-corrected chi connectivity index (χ4v) is 2.09. The minimum Gasteiger partial charge on any atom is -0.397 e. The van der Waals surface area contributed by atoms with Gasteiger partial charge in [-0.05, 0) is 46.5 Å². The van der Waals surface area contributed by atoms with Gasteiger partial charge in [-0.1, -0.05) is 0 Å². The van der Waals surface area contributed by atoms with Crippen molar-refractivity contribution in [3.63, 3.8) is 0 Å². The third-order valence-electron chi connectivity index (χ3n) is 3.04. The number of nitrogen functional groups attached to an aromatic ring is 2. The molecular weight excluding hydrogens is 224 g/mol. The Hall–Kier alpha value is -2.62. The van der Waals surface area contributed by atoms with Crippen LogP contribution in [-0.2, 0) is 0 Å². The van der Waals surface area contributed by atoms with E-state index in [1.165, 1.54) is 0 Å². The van der Waals surface area contributed by atoms with Gasteiger partial charge in [0.15, 0.2) is 0 Å². The summed E-state index contributed by atoms with van der Waals surface area (Å²) in [5, 5.41) is 0. The quantitative estimate of drug-likeness (QED) is 0.518. The Morgan fingerprint density at radius 1 is 0.722 bits per heavy atom. The predicted molar refractivity (Wildman–Crippen MR) is 74.8 cm³/mol. The van der Waals surface area contributed by atoms with Crippen LogP contribution in [0.4, 0.5) is 11.4 Å². The largest absolute Gasteiger partial charge is 0.397 e. The second-order valence-corrected chi connectivity index (χ2v) is 4.23. The first kappa shape index (κ1) is 10.5. The molecule has 0 unspecified atom stereocenters. The molecule has 0 fully saturated rings. The average molecular weight is 238 g/mol. The molecule has 6 N–H and O–H groups in total. The van der Waals surface area contributed by atoms with E-state index in [2.05, 4.69) is 9.97 Å². The Morgan fingerprint density at radius 2 is 1.17 bits per heavy atom. The highest BCUT2D eigenvalue weighted by Crippen LogP contribution is 2.36. The summed E-state index contributed by atoms with van der Waals surface area (Å²) < 4.78 is 0. The van der Waals surface area contributed by atoms with Crippen LogP contribution in [0.3, 0.4) is 0 Å². The van der Waals surface area contributed by atoms with E-state index >= 15 is 0 Å². The number of benzene rings is 1. The first-order chi connectivity index (χ1) is 8.75. The van der Waals surface area contributed by atoms with E-state index < -0.39 is 0 Å². The zero-order valence-corrected chi connectivity index (χ0v) is 9.77. The van der Waals surface area contributed by atoms with Crippen LogP contribution in [0.2, 0.25) is 0 Å². The van der Waals surface area contributed by atoms with Crippen molar-refractivity contribution in [3.05, 3.63) is 49.1 Å². The Balaban J connectivity index is 2.26. The molecule has 3 aromatic rings. The number of hydrogen-bond donors (Lipinski definition) is 4. The summed E-state index contributed by atoms with van der Waals surface area (Å²) in [6.45, 7) is 0. The summed E-state index contributed by atoms with van der Waals surface area (Å²) in [4.78, 5) is 6.11. The number of aromatic amines is 2. The first-order valence-corrected chi connectivity index (χ1v) is 5.71. The van der Waals surface area contributed by atoms with E-state index in [0.717, 1.165) is 22.3 Å². The summed E-state index contributed by atoms with van der Waals surface area (Å²) in [5.74, 6) is 0. The summed E-state index contributed by atoms with van der Waals surface area (Å²) >= 11 is 0. The van der Waals surface area contributed by atoms with Gasteiger partial charge in [0.05, 0.1) is 11.4 Å². The van der Waals surface area contributed by atoms with Crippen LogP contribution in [0.1, 0.15) is 0 Å². The van der Waals surface area contributed by atoms with Gasteiger partial charge in [0, 0.05) is 24.8 Å². The molecule has 0 saturated heterocycles. The van der Waals surface area contributed by atoms with Crippen molar-refractivity contribution in [2.75, 3.05) is 11.5 Å². The fourth-order valence-electron chi connectivity index (χ4n) is 2.09. The van der Waals surface area contributed by atoms with Gasteiger partial charge >= 0.3 is 0 Å². The van der Waals surface area contributed by atoms with E-state index in [1.54, 1.807) is 0 Å². The zero-order valence-electron chi connectivity index (χ0n) is 9.77.